The molecule has 1 rings (SSSR count). The number of hydrogen-bond acceptors (Lipinski definition) is 5. The van der Waals surface area contributed by atoms with Crippen molar-refractivity contribution < 1.29 is 19.4 Å². The number of rotatable bonds is 7. The Kier molecular flexibility index (Phi) is 6.13. The van der Waals surface area contributed by atoms with Crippen LogP contribution in [0.5, 0.6) is 0 Å². The summed E-state index contributed by atoms with van der Waals surface area (Å²) in [5.41, 5.74) is -0.286. The summed E-state index contributed by atoms with van der Waals surface area (Å²) in [4.78, 5) is 28.6. The molecule has 1 heterocycles. The van der Waals surface area contributed by atoms with Crippen LogP contribution >= 0.6 is 0 Å². The van der Waals surface area contributed by atoms with Crippen LogP contribution in [0.2, 0.25) is 0 Å². The quantitative estimate of drug-likeness (QED) is 0.790. The van der Waals surface area contributed by atoms with E-state index in [2.05, 4.69) is 4.98 Å². The van der Waals surface area contributed by atoms with Crippen LogP contribution < -0.4 is 0 Å². The third-order valence-electron chi connectivity index (χ3n) is 2.59. The minimum atomic E-state index is -1.21. The summed E-state index contributed by atoms with van der Waals surface area (Å²) in [6.07, 6.45) is 1.52. The van der Waals surface area contributed by atoms with Crippen LogP contribution in [0.25, 0.3) is 0 Å². The van der Waals surface area contributed by atoms with Crippen LogP contribution in [0.3, 0.4) is 0 Å². The lowest BCUT2D eigenvalue weighted by Crippen LogP contribution is -2.36. The number of aromatic carboxylic acids is 1. The van der Waals surface area contributed by atoms with Gasteiger partial charge in [-0.2, -0.15) is 5.26 Å². The topological polar surface area (TPSA) is 104 Å². The van der Waals surface area contributed by atoms with Gasteiger partial charge in [0, 0.05) is 26.4 Å². The highest BCUT2D eigenvalue weighted by Crippen LogP contribution is 2.09. The summed E-state index contributed by atoms with van der Waals surface area (Å²) in [6.45, 7) is 0.771. The number of hydrogen-bond donors (Lipinski definition) is 1. The molecule has 1 aromatic rings. The molecule has 0 spiro atoms. The molecular formula is C13H15N3O4. The molecule has 0 fully saturated rings. The molecule has 0 saturated heterocycles. The molecule has 1 N–H and O–H groups in total. The van der Waals surface area contributed by atoms with Gasteiger partial charge in [0.15, 0.2) is 0 Å². The van der Waals surface area contributed by atoms with Gasteiger partial charge in [-0.05, 0) is 12.1 Å². The first-order valence-corrected chi connectivity index (χ1v) is 5.95. The first kappa shape index (κ1) is 15.6. The number of carboxylic acid groups (broad SMARTS) is 1. The predicted molar refractivity (Wildman–Crippen MR) is 69.2 cm³/mol. The molecule has 0 aliphatic carbocycles. The molecule has 7 nitrogen and oxygen atoms in total. The second-order valence-electron chi connectivity index (χ2n) is 3.90. The van der Waals surface area contributed by atoms with E-state index in [1.165, 1.54) is 30.3 Å². The van der Waals surface area contributed by atoms with E-state index in [1.807, 2.05) is 6.07 Å². The maximum atomic E-state index is 12.3. The maximum absolute atomic E-state index is 12.3. The summed E-state index contributed by atoms with van der Waals surface area (Å²) >= 11 is 0. The lowest BCUT2D eigenvalue weighted by atomic mass is 10.1. The Labute approximate surface area is 116 Å². The molecule has 0 unspecified atom stereocenters. The number of ether oxygens (including phenoxy) is 1. The number of aromatic nitrogens is 1. The Bertz CT molecular complexity index is 525. The van der Waals surface area contributed by atoms with Crippen molar-refractivity contribution in [1.82, 2.24) is 9.88 Å². The molecule has 0 saturated carbocycles. The van der Waals surface area contributed by atoms with E-state index >= 15 is 0 Å². The van der Waals surface area contributed by atoms with Crippen molar-refractivity contribution >= 4 is 11.9 Å². The predicted octanol–water partition coefficient (Wildman–Crippen LogP) is 0.782. The number of nitrogens with zero attached hydrogens (tertiary/aromatic N) is 3. The Balaban J connectivity index is 2.99. The van der Waals surface area contributed by atoms with Gasteiger partial charge in [0.05, 0.1) is 24.7 Å². The molecule has 0 aromatic carbocycles. The van der Waals surface area contributed by atoms with Gasteiger partial charge in [0.1, 0.15) is 5.69 Å². The highest BCUT2D eigenvalue weighted by atomic mass is 16.5. The number of carboxylic acids is 1. The van der Waals surface area contributed by atoms with Gasteiger partial charge in [-0.3, -0.25) is 9.78 Å². The number of amides is 1. The number of pyridine rings is 1. The van der Waals surface area contributed by atoms with E-state index in [4.69, 9.17) is 15.1 Å². The zero-order valence-corrected chi connectivity index (χ0v) is 11.1. The largest absolute Gasteiger partial charge is 0.478 e. The zero-order chi connectivity index (χ0) is 15.0. The number of carbonyl (C=O) groups excluding carboxylic acids is 1. The molecule has 0 aliphatic rings. The van der Waals surface area contributed by atoms with Gasteiger partial charge in [-0.15, -0.1) is 0 Å². The molecule has 0 aliphatic heterocycles. The van der Waals surface area contributed by atoms with E-state index < -0.39 is 11.9 Å². The van der Waals surface area contributed by atoms with Gasteiger partial charge >= 0.3 is 5.97 Å². The molecule has 7 heteroatoms. The molecule has 1 amide bonds. The summed E-state index contributed by atoms with van der Waals surface area (Å²) in [7, 11) is 1.50. The fourth-order valence-corrected chi connectivity index (χ4v) is 1.60. The smallest absolute Gasteiger partial charge is 0.338 e. The van der Waals surface area contributed by atoms with Gasteiger partial charge in [-0.1, -0.05) is 0 Å². The van der Waals surface area contributed by atoms with E-state index in [0.717, 1.165) is 0 Å². The van der Waals surface area contributed by atoms with Crippen LogP contribution in [-0.2, 0) is 4.74 Å². The molecule has 106 valence electrons. The van der Waals surface area contributed by atoms with Crippen molar-refractivity contribution in [2.45, 2.75) is 6.42 Å². The Morgan fingerprint density at radius 1 is 1.50 bits per heavy atom. The fourth-order valence-electron chi connectivity index (χ4n) is 1.60. The first-order valence-electron chi connectivity index (χ1n) is 5.95. The van der Waals surface area contributed by atoms with E-state index in [-0.39, 0.29) is 30.8 Å². The lowest BCUT2D eigenvalue weighted by Gasteiger charge is -2.21. The van der Waals surface area contributed by atoms with Gasteiger partial charge in [0.25, 0.3) is 5.91 Å². The highest BCUT2D eigenvalue weighted by Gasteiger charge is 2.22. The first-order chi connectivity index (χ1) is 9.61. The van der Waals surface area contributed by atoms with E-state index in [0.29, 0.717) is 6.61 Å². The maximum Gasteiger partial charge on any atom is 0.338 e. The Morgan fingerprint density at radius 2 is 2.25 bits per heavy atom. The Morgan fingerprint density at radius 3 is 2.85 bits per heavy atom. The average molecular weight is 277 g/mol. The van der Waals surface area contributed by atoms with Crippen molar-refractivity contribution in [3.05, 3.63) is 29.6 Å². The van der Waals surface area contributed by atoms with Crippen molar-refractivity contribution in [3.63, 3.8) is 0 Å². The van der Waals surface area contributed by atoms with Crippen molar-refractivity contribution in [2.24, 2.45) is 0 Å². The molecule has 0 bridgehead atoms. The van der Waals surface area contributed by atoms with Gasteiger partial charge in [-0.25, -0.2) is 4.79 Å². The van der Waals surface area contributed by atoms with E-state index in [1.54, 1.807) is 0 Å². The second kappa shape index (κ2) is 7.86. The molecule has 20 heavy (non-hydrogen) atoms. The lowest BCUT2D eigenvalue weighted by molar-refractivity contribution is 0.0652. The average Bonchev–Trinajstić information content (AvgIpc) is 2.46. The van der Waals surface area contributed by atoms with Crippen LogP contribution in [0.15, 0.2) is 18.3 Å². The standard InChI is InChI=1S/C13H15N3O4/c1-20-9-8-16(7-3-5-14)12(17)11-10(13(18)19)4-2-6-15-11/h2,4,6H,3,7-9H2,1H3,(H,18,19). The monoisotopic (exact) mass is 277 g/mol. The number of nitriles is 1. The SMILES string of the molecule is COCCN(CCC#N)C(=O)c1ncccc1C(=O)O. The normalized spacial score (nSPS) is 9.80. The van der Waals surface area contributed by atoms with Crippen molar-refractivity contribution in [1.29, 1.82) is 5.26 Å². The zero-order valence-electron chi connectivity index (χ0n) is 11.1. The van der Waals surface area contributed by atoms with Crippen molar-refractivity contribution in [2.75, 3.05) is 26.8 Å². The minimum absolute atomic E-state index is 0.131. The summed E-state index contributed by atoms with van der Waals surface area (Å²) in [6, 6.07) is 4.72. The number of carbonyl (C=O) groups is 2. The number of methoxy groups -OCH3 is 1. The third kappa shape index (κ3) is 4.03. The fraction of sp³-hybridized carbons (Fsp3) is 0.385. The third-order valence-corrected chi connectivity index (χ3v) is 2.59. The highest BCUT2D eigenvalue weighted by molar-refractivity contribution is 6.03. The summed E-state index contributed by atoms with van der Waals surface area (Å²) in [5, 5.41) is 17.7. The van der Waals surface area contributed by atoms with Gasteiger partial charge in [0.2, 0.25) is 0 Å². The van der Waals surface area contributed by atoms with Crippen LogP contribution in [0.1, 0.15) is 27.3 Å². The molecule has 0 radical (unpaired) electrons. The Hall–Kier alpha value is -2.46. The molecule has 0 atom stereocenters. The van der Waals surface area contributed by atoms with Crippen LogP contribution in [0.4, 0.5) is 0 Å². The van der Waals surface area contributed by atoms with Crippen LogP contribution in [0, 0.1) is 11.3 Å². The van der Waals surface area contributed by atoms with E-state index in [9.17, 15) is 9.59 Å². The molecule has 1 aromatic heterocycles. The minimum Gasteiger partial charge on any atom is -0.478 e. The van der Waals surface area contributed by atoms with Crippen LogP contribution in [-0.4, -0.2) is 53.7 Å². The summed E-state index contributed by atoms with van der Waals surface area (Å²) < 4.78 is 4.90. The van der Waals surface area contributed by atoms with Gasteiger partial charge < -0.3 is 14.7 Å². The molecular weight excluding hydrogens is 262 g/mol. The second-order valence-corrected chi connectivity index (χ2v) is 3.90. The van der Waals surface area contributed by atoms with Crippen molar-refractivity contribution in [3.8, 4) is 6.07 Å². The summed E-state index contributed by atoms with van der Waals surface area (Å²) in [5.74, 6) is -1.73.